The summed E-state index contributed by atoms with van der Waals surface area (Å²) in [5, 5.41) is 2.64. The van der Waals surface area contributed by atoms with Crippen LogP contribution in [0.3, 0.4) is 0 Å². The molecule has 0 aliphatic carbocycles. The van der Waals surface area contributed by atoms with Crippen molar-refractivity contribution in [2.24, 2.45) is 0 Å². The topological polar surface area (TPSA) is 58.1 Å². The van der Waals surface area contributed by atoms with Gasteiger partial charge in [0.1, 0.15) is 0 Å². The molecule has 0 fully saturated rings. The molecule has 0 radical (unpaired) electrons. The Morgan fingerprint density at radius 2 is 2.39 bits per heavy atom. The number of hydrogen-bond donors (Lipinski definition) is 1. The standard InChI is InChI=1S/C13H20N4O/c1-4-17-6-5-12-11(7-9(17)2)8-14-13(16-12)15-10(3)18/h8-9H,4-7H2,1-3H3,(H,14,15,16,18). The maximum Gasteiger partial charge on any atom is 0.229 e. The second-order valence-corrected chi connectivity index (χ2v) is 4.78. The van der Waals surface area contributed by atoms with E-state index in [0.717, 1.165) is 31.6 Å². The SMILES string of the molecule is CCN1CCc2nc(NC(C)=O)ncc2CC1C. The van der Waals surface area contributed by atoms with Crippen LogP contribution in [0.4, 0.5) is 5.95 Å². The van der Waals surface area contributed by atoms with Gasteiger partial charge in [0.2, 0.25) is 11.9 Å². The smallest absolute Gasteiger partial charge is 0.229 e. The molecule has 1 amide bonds. The average molecular weight is 248 g/mol. The Kier molecular flexibility index (Phi) is 3.91. The van der Waals surface area contributed by atoms with Crippen LogP contribution in [0.25, 0.3) is 0 Å². The zero-order chi connectivity index (χ0) is 13.1. The van der Waals surface area contributed by atoms with Crippen LogP contribution in [0.5, 0.6) is 0 Å². The number of carbonyl (C=O) groups excluding carboxylic acids is 1. The minimum Gasteiger partial charge on any atom is -0.300 e. The van der Waals surface area contributed by atoms with E-state index in [2.05, 4.69) is 34.0 Å². The molecule has 1 aliphatic rings. The van der Waals surface area contributed by atoms with E-state index in [1.54, 1.807) is 0 Å². The predicted molar refractivity (Wildman–Crippen MR) is 70.5 cm³/mol. The minimum absolute atomic E-state index is 0.132. The van der Waals surface area contributed by atoms with Gasteiger partial charge in [0.25, 0.3) is 0 Å². The second-order valence-electron chi connectivity index (χ2n) is 4.78. The summed E-state index contributed by atoms with van der Waals surface area (Å²) in [6.45, 7) is 7.96. The van der Waals surface area contributed by atoms with Gasteiger partial charge in [-0.2, -0.15) is 0 Å². The Labute approximate surface area is 108 Å². The van der Waals surface area contributed by atoms with Gasteiger partial charge in [-0.3, -0.25) is 10.1 Å². The van der Waals surface area contributed by atoms with Crippen LogP contribution in [0.2, 0.25) is 0 Å². The molecule has 98 valence electrons. The van der Waals surface area contributed by atoms with Crippen molar-refractivity contribution in [2.75, 3.05) is 18.4 Å². The van der Waals surface area contributed by atoms with Crippen molar-refractivity contribution in [3.63, 3.8) is 0 Å². The molecule has 5 nitrogen and oxygen atoms in total. The molecule has 1 unspecified atom stereocenters. The molecule has 0 aromatic carbocycles. The highest BCUT2D eigenvalue weighted by Gasteiger charge is 2.20. The molecule has 0 saturated carbocycles. The summed E-state index contributed by atoms with van der Waals surface area (Å²) in [7, 11) is 0. The molecular formula is C13H20N4O. The van der Waals surface area contributed by atoms with E-state index in [4.69, 9.17) is 0 Å². The van der Waals surface area contributed by atoms with Gasteiger partial charge >= 0.3 is 0 Å². The van der Waals surface area contributed by atoms with Crippen LogP contribution in [-0.2, 0) is 17.6 Å². The lowest BCUT2D eigenvalue weighted by molar-refractivity contribution is -0.114. The van der Waals surface area contributed by atoms with E-state index >= 15 is 0 Å². The highest BCUT2D eigenvalue weighted by Crippen LogP contribution is 2.18. The lowest BCUT2D eigenvalue weighted by Crippen LogP contribution is -2.34. The molecule has 1 atom stereocenters. The zero-order valence-electron chi connectivity index (χ0n) is 11.2. The molecule has 0 spiro atoms. The number of hydrogen-bond acceptors (Lipinski definition) is 4. The number of carbonyl (C=O) groups is 1. The van der Waals surface area contributed by atoms with Gasteiger partial charge in [0.15, 0.2) is 0 Å². The van der Waals surface area contributed by atoms with Crippen LogP contribution in [-0.4, -0.2) is 39.9 Å². The molecule has 1 aliphatic heterocycles. The van der Waals surface area contributed by atoms with E-state index in [-0.39, 0.29) is 5.91 Å². The summed E-state index contributed by atoms with van der Waals surface area (Å²) in [6, 6.07) is 0.520. The van der Waals surface area contributed by atoms with Crippen LogP contribution >= 0.6 is 0 Å². The monoisotopic (exact) mass is 248 g/mol. The number of rotatable bonds is 2. The molecule has 5 heteroatoms. The second kappa shape index (κ2) is 5.44. The van der Waals surface area contributed by atoms with E-state index in [1.165, 1.54) is 12.5 Å². The fraction of sp³-hybridized carbons (Fsp3) is 0.615. The maximum absolute atomic E-state index is 11.0. The fourth-order valence-electron chi connectivity index (χ4n) is 2.43. The van der Waals surface area contributed by atoms with Crippen LogP contribution < -0.4 is 5.32 Å². The van der Waals surface area contributed by atoms with Crippen molar-refractivity contribution in [2.45, 2.75) is 39.7 Å². The third-order valence-corrected chi connectivity index (χ3v) is 3.42. The van der Waals surface area contributed by atoms with Gasteiger partial charge in [0.05, 0.1) is 5.69 Å². The van der Waals surface area contributed by atoms with Gasteiger partial charge in [-0.25, -0.2) is 9.97 Å². The van der Waals surface area contributed by atoms with Crippen molar-refractivity contribution in [3.05, 3.63) is 17.5 Å². The van der Waals surface area contributed by atoms with Crippen molar-refractivity contribution in [3.8, 4) is 0 Å². The quantitative estimate of drug-likeness (QED) is 0.855. The summed E-state index contributed by atoms with van der Waals surface area (Å²) < 4.78 is 0. The number of anilines is 1. The molecule has 1 aromatic heterocycles. The van der Waals surface area contributed by atoms with Gasteiger partial charge < -0.3 is 4.90 Å². The van der Waals surface area contributed by atoms with E-state index in [9.17, 15) is 4.79 Å². The highest BCUT2D eigenvalue weighted by atomic mass is 16.1. The Bertz CT molecular complexity index is 447. The maximum atomic E-state index is 11.0. The minimum atomic E-state index is -0.132. The van der Waals surface area contributed by atoms with E-state index in [1.807, 2.05) is 6.20 Å². The van der Waals surface area contributed by atoms with Crippen LogP contribution in [0.15, 0.2) is 6.20 Å². The largest absolute Gasteiger partial charge is 0.300 e. The molecule has 18 heavy (non-hydrogen) atoms. The zero-order valence-corrected chi connectivity index (χ0v) is 11.2. The normalized spacial score (nSPS) is 20.1. The number of likely N-dealkylation sites (N-methyl/N-ethyl adjacent to an activating group) is 1. The summed E-state index contributed by atoms with van der Waals surface area (Å²) in [4.78, 5) is 22.1. The molecule has 2 rings (SSSR count). The Balaban J connectivity index is 2.22. The molecule has 0 bridgehead atoms. The third kappa shape index (κ3) is 2.85. The first-order valence-electron chi connectivity index (χ1n) is 6.46. The first-order valence-corrected chi connectivity index (χ1v) is 6.46. The average Bonchev–Trinajstić information content (AvgIpc) is 2.46. The van der Waals surface area contributed by atoms with E-state index < -0.39 is 0 Å². The fourth-order valence-corrected chi connectivity index (χ4v) is 2.43. The number of nitrogens with one attached hydrogen (secondary N) is 1. The highest BCUT2D eigenvalue weighted by molar-refractivity contribution is 5.86. The summed E-state index contributed by atoms with van der Waals surface area (Å²) in [5.74, 6) is 0.283. The number of fused-ring (bicyclic) bond motifs is 1. The number of amides is 1. The summed E-state index contributed by atoms with van der Waals surface area (Å²) >= 11 is 0. The summed E-state index contributed by atoms with van der Waals surface area (Å²) in [5.41, 5.74) is 2.27. The van der Waals surface area contributed by atoms with Gasteiger partial charge in [-0.1, -0.05) is 6.92 Å². The number of nitrogens with zero attached hydrogens (tertiary/aromatic N) is 3. The Morgan fingerprint density at radius 1 is 1.61 bits per heavy atom. The molecule has 2 heterocycles. The van der Waals surface area contributed by atoms with Crippen molar-refractivity contribution >= 4 is 11.9 Å². The Morgan fingerprint density at radius 3 is 3.06 bits per heavy atom. The van der Waals surface area contributed by atoms with E-state index in [0.29, 0.717) is 12.0 Å². The molecule has 0 saturated heterocycles. The van der Waals surface area contributed by atoms with Gasteiger partial charge in [0, 0.05) is 32.1 Å². The summed E-state index contributed by atoms with van der Waals surface area (Å²) in [6.07, 6.45) is 3.75. The van der Waals surface area contributed by atoms with Gasteiger partial charge in [-0.05, 0) is 25.5 Å². The third-order valence-electron chi connectivity index (χ3n) is 3.42. The van der Waals surface area contributed by atoms with Gasteiger partial charge in [-0.15, -0.1) is 0 Å². The molecular weight excluding hydrogens is 228 g/mol. The predicted octanol–water partition coefficient (Wildman–Crippen LogP) is 1.24. The van der Waals surface area contributed by atoms with Crippen LogP contribution in [0.1, 0.15) is 32.0 Å². The number of aromatic nitrogens is 2. The van der Waals surface area contributed by atoms with Crippen LogP contribution in [0, 0.1) is 0 Å². The first-order chi connectivity index (χ1) is 8.60. The first kappa shape index (κ1) is 13.0. The van der Waals surface area contributed by atoms with Crippen molar-refractivity contribution < 1.29 is 4.79 Å². The lowest BCUT2D eigenvalue weighted by Gasteiger charge is -2.24. The Hall–Kier alpha value is -1.49. The van der Waals surface area contributed by atoms with Crippen molar-refractivity contribution in [1.82, 2.24) is 14.9 Å². The molecule has 1 N–H and O–H groups in total. The molecule has 1 aromatic rings. The lowest BCUT2D eigenvalue weighted by atomic mass is 10.1. The van der Waals surface area contributed by atoms with Crippen molar-refractivity contribution in [1.29, 1.82) is 0 Å².